The summed E-state index contributed by atoms with van der Waals surface area (Å²) in [7, 11) is 0. The molecule has 3 rings (SSSR count). The molecule has 2 aromatic heterocycles. The minimum atomic E-state index is -0.424. The van der Waals surface area contributed by atoms with E-state index in [0.717, 1.165) is 6.42 Å². The number of anilines is 2. The lowest BCUT2D eigenvalue weighted by Gasteiger charge is -2.08. The summed E-state index contributed by atoms with van der Waals surface area (Å²) in [6.45, 7) is 2.37. The molecule has 0 radical (unpaired) electrons. The molecule has 27 heavy (non-hydrogen) atoms. The maximum Gasteiger partial charge on any atom is 0.291 e. The van der Waals surface area contributed by atoms with Gasteiger partial charge in [0.15, 0.2) is 5.76 Å². The van der Waals surface area contributed by atoms with Crippen LogP contribution < -0.4 is 16.2 Å². The largest absolute Gasteiger partial charge is 0.459 e. The van der Waals surface area contributed by atoms with Crippen LogP contribution in [-0.2, 0) is 6.54 Å². The molecule has 8 nitrogen and oxygen atoms in total. The standard InChI is InChI=1S/C19H18N4O4/c1-2-11-23-17(24)10-9-15(22-23)18(25)20-13-5-7-14(8-6-13)21-19(26)16-4-3-12-27-16/h3-10,12H,2,11H2,1H3,(H,20,25)(H,21,26). The van der Waals surface area contributed by atoms with Crippen molar-refractivity contribution in [2.24, 2.45) is 0 Å². The molecule has 0 spiro atoms. The lowest BCUT2D eigenvalue weighted by Crippen LogP contribution is -2.26. The highest BCUT2D eigenvalue weighted by Crippen LogP contribution is 2.15. The van der Waals surface area contributed by atoms with E-state index in [0.29, 0.717) is 17.9 Å². The van der Waals surface area contributed by atoms with Crippen LogP contribution in [0, 0.1) is 0 Å². The van der Waals surface area contributed by atoms with E-state index in [2.05, 4.69) is 15.7 Å². The summed E-state index contributed by atoms with van der Waals surface area (Å²) in [4.78, 5) is 35.9. The van der Waals surface area contributed by atoms with Gasteiger partial charge in [-0.25, -0.2) is 4.68 Å². The van der Waals surface area contributed by atoms with Crippen molar-refractivity contribution in [2.75, 3.05) is 10.6 Å². The zero-order valence-electron chi connectivity index (χ0n) is 14.6. The number of rotatable bonds is 6. The van der Waals surface area contributed by atoms with Gasteiger partial charge in [0.2, 0.25) is 0 Å². The van der Waals surface area contributed by atoms with Crippen LogP contribution in [0.3, 0.4) is 0 Å². The number of aryl methyl sites for hydroxylation is 1. The quantitative estimate of drug-likeness (QED) is 0.698. The molecule has 0 bridgehead atoms. The lowest BCUT2D eigenvalue weighted by atomic mass is 10.2. The van der Waals surface area contributed by atoms with Gasteiger partial charge in [0.1, 0.15) is 5.69 Å². The maximum absolute atomic E-state index is 12.3. The van der Waals surface area contributed by atoms with E-state index in [1.165, 1.54) is 23.1 Å². The summed E-state index contributed by atoms with van der Waals surface area (Å²) in [6, 6.07) is 12.5. The molecule has 0 fully saturated rings. The van der Waals surface area contributed by atoms with Gasteiger partial charge in [-0.3, -0.25) is 14.4 Å². The smallest absolute Gasteiger partial charge is 0.291 e. The summed E-state index contributed by atoms with van der Waals surface area (Å²) >= 11 is 0. The van der Waals surface area contributed by atoms with E-state index in [9.17, 15) is 14.4 Å². The van der Waals surface area contributed by atoms with Crippen LogP contribution in [0.15, 0.2) is 64.0 Å². The van der Waals surface area contributed by atoms with Crippen LogP contribution in [0.2, 0.25) is 0 Å². The molecule has 0 saturated heterocycles. The number of nitrogens with zero attached hydrogens (tertiary/aromatic N) is 2. The highest BCUT2D eigenvalue weighted by atomic mass is 16.3. The van der Waals surface area contributed by atoms with Gasteiger partial charge in [-0.15, -0.1) is 0 Å². The van der Waals surface area contributed by atoms with Crippen LogP contribution in [0.1, 0.15) is 34.4 Å². The molecule has 2 amide bonds. The van der Waals surface area contributed by atoms with Crippen LogP contribution in [0.4, 0.5) is 11.4 Å². The Morgan fingerprint density at radius 2 is 1.67 bits per heavy atom. The highest BCUT2D eigenvalue weighted by molar-refractivity contribution is 6.04. The molecular weight excluding hydrogens is 348 g/mol. The molecule has 0 aliphatic rings. The molecule has 0 atom stereocenters. The van der Waals surface area contributed by atoms with Crippen molar-refractivity contribution >= 4 is 23.2 Å². The first-order valence-corrected chi connectivity index (χ1v) is 8.41. The number of amides is 2. The predicted octanol–water partition coefficient (Wildman–Crippen LogP) is 2.75. The Hall–Kier alpha value is -3.68. The number of hydrogen-bond donors (Lipinski definition) is 2. The van der Waals surface area contributed by atoms with Crippen molar-refractivity contribution in [3.05, 3.63) is 76.6 Å². The van der Waals surface area contributed by atoms with Crippen LogP contribution in [0.5, 0.6) is 0 Å². The van der Waals surface area contributed by atoms with E-state index in [-0.39, 0.29) is 22.9 Å². The number of aromatic nitrogens is 2. The Morgan fingerprint density at radius 1 is 1.00 bits per heavy atom. The van der Waals surface area contributed by atoms with Crippen LogP contribution in [-0.4, -0.2) is 21.6 Å². The van der Waals surface area contributed by atoms with Gasteiger partial charge in [0, 0.05) is 24.0 Å². The minimum absolute atomic E-state index is 0.151. The van der Waals surface area contributed by atoms with E-state index in [1.807, 2.05) is 6.92 Å². The summed E-state index contributed by atoms with van der Waals surface area (Å²) in [6.07, 6.45) is 2.16. The van der Waals surface area contributed by atoms with Crippen molar-refractivity contribution in [3.63, 3.8) is 0 Å². The molecule has 2 N–H and O–H groups in total. The third-order valence-corrected chi connectivity index (χ3v) is 3.68. The Kier molecular flexibility index (Phi) is 5.46. The number of carbonyl (C=O) groups is 2. The van der Waals surface area contributed by atoms with E-state index < -0.39 is 5.91 Å². The average Bonchev–Trinajstić information content (AvgIpc) is 3.20. The Balaban J connectivity index is 1.66. The van der Waals surface area contributed by atoms with E-state index in [4.69, 9.17) is 4.42 Å². The van der Waals surface area contributed by atoms with Crippen molar-refractivity contribution in [3.8, 4) is 0 Å². The van der Waals surface area contributed by atoms with Crippen molar-refractivity contribution in [1.82, 2.24) is 9.78 Å². The number of benzene rings is 1. The fourth-order valence-electron chi connectivity index (χ4n) is 2.37. The first-order chi connectivity index (χ1) is 13.1. The highest BCUT2D eigenvalue weighted by Gasteiger charge is 2.11. The molecule has 0 aliphatic heterocycles. The monoisotopic (exact) mass is 366 g/mol. The number of furan rings is 1. The molecule has 0 saturated carbocycles. The van der Waals surface area contributed by atoms with Gasteiger partial charge < -0.3 is 15.1 Å². The maximum atomic E-state index is 12.3. The average molecular weight is 366 g/mol. The summed E-state index contributed by atoms with van der Waals surface area (Å²) in [5, 5.41) is 9.46. The van der Waals surface area contributed by atoms with Crippen molar-refractivity contribution < 1.29 is 14.0 Å². The summed E-state index contributed by atoms with van der Waals surface area (Å²) < 4.78 is 6.29. The fraction of sp³-hybridized carbons (Fsp3) is 0.158. The normalized spacial score (nSPS) is 10.4. The number of carbonyl (C=O) groups excluding carboxylic acids is 2. The second-order valence-electron chi connectivity index (χ2n) is 5.74. The first kappa shape index (κ1) is 18.1. The third-order valence-electron chi connectivity index (χ3n) is 3.68. The summed E-state index contributed by atoms with van der Waals surface area (Å²) in [5.41, 5.74) is 0.998. The molecule has 0 aliphatic carbocycles. The second-order valence-corrected chi connectivity index (χ2v) is 5.74. The van der Waals surface area contributed by atoms with Gasteiger partial charge in [0.25, 0.3) is 17.4 Å². The SMILES string of the molecule is CCCn1nc(C(=O)Nc2ccc(NC(=O)c3ccco3)cc2)ccc1=O. The van der Waals surface area contributed by atoms with Gasteiger partial charge >= 0.3 is 0 Å². The summed E-state index contributed by atoms with van der Waals surface area (Å²) in [5.74, 6) is -0.577. The first-order valence-electron chi connectivity index (χ1n) is 8.41. The molecule has 2 heterocycles. The molecular formula is C19H18N4O4. The Morgan fingerprint density at radius 3 is 2.26 bits per heavy atom. The van der Waals surface area contributed by atoms with Crippen LogP contribution in [0.25, 0.3) is 0 Å². The minimum Gasteiger partial charge on any atom is -0.459 e. The van der Waals surface area contributed by atoms with E-state index >= 15 is 0 Å². The molecule has 1 aromatic carbocycles. The Labute approximate surface area is 154 Å². The molecule has 8 heteroatoms. The zero-order valence-corrected chi connectivity index (χ0v) is 14.6. The van der Waals surface area contributed by atoms with Gasteiger partial charge in [-0.1, -0.05) is 6.92 Å². The fourth-order valence-corrected chi connectivity index (χ4v) is 2.37. The van der Waals surface area contributed by atoms with Crippen molar-refractivity contribution in [1.29, 1.82) is 0 Å². The molecule has 3 aromatic rings. The predicted molar refractivity (Wildman–Crippen MR) is 99.8 cm³/mol. The van der Waals surface area contributed by atoms with Gasteiger partial charge in [-0.05, 0) is 48.9 Å². The zero-order chi connectivity index (χ0) is 19.2. The lowest BCUT2D eigenvalue weighted by molar-refractivity contribution is 0.0993. The topological polar surface area (TPSA) is 106 Å². The Bertz CT molecular complexity index is 991. The third kappa shape index (κ3) is 4.49. The van der Waals surface area contributed by atoms with Crippen LogP contribution >= 0.6 is 0 Å². The number of hydrogen-bond acceptors (Lipinski definition) is 5. The van der Waals surface area contributed by atoms with E-state index in [1.54, 1.807) is 36.4 Å². The van der Waals surface area contributed by atoms with Gasteiger partial charge in [-0.2, -0.15) is 5.10 Å². The molecule has 138 valence electrons. The molecule has 0 unspecified atom stereocenters. The van der Waals surface area contributed by atoms with Gasteiger partial charge in [0.05, 0.1) is 6.26 Å². The second kappa shape index (κ2) is 8.13. The van der Waals surface area contributed by atoms with Crippen molar-refractivity contribution in [2.45, 2.75) is 19.9 Å². The number of nitrogens with one attached hydrogen (secondary N) is 2.